The Morgan fingerprint density at radius 2 is 0.351 bits per heavy atom. The fraction of sp³-hybridized carbons (Fsp3) is 0.941. The van der Waals surface area contributed by atoms with E-state index in [9.17, 15) is 0 Å². The largest absolute Gasteiger partial charge is 0.354 e. The predicted molar refractivity (Wildman–Crippen MR) is 256 cm³/mol. The molecule has 0 spiro atoms. The number of hydrogen-bond donors (Lipinski definition) is 3. The van der Waals surface area contributed by atoms with E-state index >= 15 is 0 Å². The zero-order valence-corrected chi connectivity index (χ0v) is 39.2. The highest BCUT2D eigenvalue weighted by Crippen LogP contribution is 2.17. The van der Waals surface area contributed by atoms with Gasteiger partial charge >= 0.3 is 0 Å². The van der Waals surface area contributed by atoms with Crippen LogP contribution in [0.1, 0.15) is 290 Å². The summed E-state index contributed by atoms with van der Waals surface area (Å²) in [5.41, 5.74) is 0. The van der Waals surface area contributed by atoms with Gasteiger partial charge in [-0.15, -0.1) is 0 Å². The lowest BCUT2D eigenvalue weighted by atomic mass is 10.0. The van der Waals surface area contributed by atoms with E-state index in [1.165, 1.54) is 270 Å². The molecule has 0 saturated heterocycles. The van der Waals surface area contributed by atoms with Crippen LogP contribution in [0.25, 0.3) is 0 Å². The Morgan fingerprint density at radius 3 is 0.509 bits per heavy atom. The zero-order valence-electron chi connectivity index (χ0n) is 39.2. The number of nitrogens with zero attached hydrogens (tertiary/aromatic N) is 3. The molecule has 6 heteroatoms. The van der Waals surface area contributed by atoms with Gasteiger partial charge in [-0.2, -0.15) is 15.0 Å². The molecular weight excluding hydrogens is 697 g/mol. The predicted octanol–water partition coefficient (Wildman–Crippen LogP) is 17.6. The number of aromatic nitrogens is 3. The summed E-state index contributed by atoms with van der Waals surface area (Å²) in [6.07, 6.45) is 58.2. The highest BCUT2D eigenvalue weighted by molar-refractivity contribution is 5.42. The van der Waals surface area contributed by atoms with Crippen molar-refractivity contribution in [2.45, 2.75) is 290 Å². The van der Waals surface area contributed by atoms with Crippen LogP contribution in [0, 0.1) is 0 Å². The first-order valence-electron chi connectivity index (χ1n) is 26.3. The third kappa shape index (κ3) is 39.6. The smallest absolute Gasteiger partial charge is 0.229 e. The van der Waals surface area contributed by atoms with Crippen molar-refractivity contribution in [3.8, 4) is 0 Å². The molecule has 0 aromatic carbocycles. The summed E-state index contributed by atoms with van der Waals surface area (Å²) in [5.74, 6) is 2.14. The fourth-order valence-corrected chi connectivity index (χ4v) is 8.17. The molecule has 0 radical (unpaired) electrons. The van der Waals surface area contributed by atoms with Crippen LogP contribution in [-0.4, -0.2) is 34.6 Å². The van der Waals surface area contributed by atoms with E-state index in [-0.39, 0.29) is 0 Å². The maximum Gasteiger partial charge on any atom is 0.229 e. The summed E-state index contributed by atoms with van der Waals surface area (Å²) in [7, 11) is 0. The van der Waals surface area contributed by atoms with E-state index in [4.69, 9.17) is 15.0 Å². The molecule has 0 unspecified atom stereocenters. The van der Waals surface area contributed by atoms with E-state index in [1.54, 1.807) is 0 Å². The van der Waals surface area contributed by atoms with Gasteiger partial charge in [0.05, 0.1) is 0 Å². The first-order valence-corrected chi connectivity index (χ1v) is 26.3. The standard InChI is InChI=1S/C51H102N6/c1-4-7-10-13-16-19-22-25-28-31-34-37-40-43-46-52-49-55-50(53-47-44-41-38-35-32-29-26-23-20-17-14-11-8-5-2)57-51(56-49)54-48-45-42-39-36-33-30-27-24-21-18-15-12-9-6-3/h4-48H2,1-3H3,(H3,52,53,54,55,56,57). The minimum atomic E-state index is 0.714. The molecule has 1 rings (SSSR count). The van der Waals surface area contributed by atoms with Crippen LogP contribution in [0.4, 0.5) is 17.8 Å². The van der Waals surface area contributed by atoms with E-state index < -0.39 is 0 Å². The van der Waals surface area contributed by atoms with Crippen molar-refractivity contribution in [2.75, 3.05) is 35.6 Å². The Hall–Kier alpha value is -1.59. The van der Waals surface area contributed by atoms with Gasteiger partial charge in [0.1, 0.15) is 0 Å². The van der Waals surface area contributed by atoms with Crippen molar-refractivity contribution in [2.24, 2.45) is 0 Å². The first-order chi connectivity index (χ1) is 28.3. The Labute approximate surface area is 357 Å². The van der Waals surface area contributed by atoms with Gasteiger partial charge in [0, 0.05) is 19.6 Å². The molecule has 0 atom stereocenters. The number of unbranched alkanes of at least 4 members (excludes halogenated alkanes) is 39. The Morgan fingerprint density at radius 1 is 0.211 bits per heavy atom. The van der Waals surface area contributed by atoms with Gasteiger partial charge < -0.3 is 16.0 Å². The number of anilines is 3. The van der Waals surface area contributed by atoms with Gasteiger partial charge in [-0.05, 0) is 19.3 Å². The molecule has 0 amide bonds. The molecule has 0 fully saturated rings. The van der Waals surface area contributed by atoms with E-state index in [2.05, 4.69) is 36.7 Å². The lowest BCUT2D eigenvalue weighted by molar-refractivity contribution is 0.537. The molecule has 336 valence electrons. The average Bonchev–Trinajstić information content (AvgIpc) is 3.22. The summed E-state index contributed by atoms with van der Waals surface area (Å²) in [4.78, 5) is 14.3. The zero-order chi connectivity index (χ0) is 40.8. The molecule has 0 aliphatic carbocycles. The summed E-state index contributed by atoms with van der Waals surface area (Å²) in [6, 6.07) is 0. The Balaban J connectivity index is 2.27. The lowest BCUT2D eigenvalue weighted by Gasteiger charge is -2.12. The molecule has 1 heterocycles. The van der Waals surface area contributed by atoms with Gasteiger partial charge in [0.2, 0.25) is 17.8 Å². The molecule has 6 nitrogen and oxygen atoms in total. The maximum atomic E-state index is 4.78. The van der Waals surface area contributed by atoms with Crippen LogP contribution in [-0.2, 0) is 0 Å². The van der Waals surface area contributed by atoms with E-state index in [0.29, 0.717) is 17.8 Å². The fourth-order valence-electron chi connectivity index (χ4n) is 8.17. The van der Waals surface area contributed by atoms with E-state index in [0.717, 1.165) is 19.6 Å². The molecule has 0 aliphatic heterocycles. The molecular formula is C51H102N6. The maximum absolute atomic E-state index is 4.78. The highest BCUT2D eigenvalue weighted by atomic mass is 15.3. The summed E-state index contributed by atoms with van der Waals surface area (Å²) >= 11 is 0. The first kappa shape index (κ1) is 53.4. The highest BCUT2D eigenvalue weighted by Gasteiger charge is 2.07. The third-order valence-corrected chi connectivity index (χ3v) is 12.1. The van der Waals surface area contributed by atoms with Gasteiger partial charge in [0.15, 0.2) is 0 Å². The second kappa shape index (κ2) is 45.5. The SMILES string of the molecule is CCCCCCCCCCCCCCCCNc1nc(NCCCCCCCCCCCCCCCC)nc(NCCCCCCCCCCCCCCCC)n1. The van der Waals surface area contributed by atoms with Gasteiger partial charge in [-0.25, -0.2) is 0 Å². The van der Waals surface area contributed by atoms with Crippen LogP contribution in [0.15, 0.2) is 0 Å². The van der Waals surface area contributed by atoms with Gasteiger partial charge in [-0.3, -0.25) is 0 Å². The van der Waals surface area contributed by atoms with Crippen molar-refractivity contribution in [1.29, 1.82) is 0 Å². The van der Waals surface area contributed by atoms with Crippen LogP contribution < -0.4 is 16.0 Å². The second-order valence-corrected chi connectivity index (χ2v) is 17.9. The van der Waals surface area contributed by atoms with Crippen molar-refractivity contribution in [3.63, 3.8) is 0 Å². The topological polar surface area (TPSA) is 74.8 Å². The molecule has 3 N–H and O–H groups in total. The second-order valence-electron chi connectivity index (χ2n) is 17.9. The quantitative estimate of drug-likeness (QED) is 0.0570. The van der Waals surface area contributed by atoms with Crippen molar-refractivity contribution >= 4 is 17.8 Å². The van der Waals surface area contributed by atoms with Crippen LogP contribution in [0.5, 0.6) is 0 Å². The molecule has 57 heavy (non-hydrogen) atoms. The minimum Gasteiger partial charge on any atom is -0.354 e. The monoisotopic (exact) mass is 799 g/mol. The molecule has 0 aliphatic rings. The van der Waals surface area contributed by atoms with Crippen LogP contribution in [0.2, 0.25) is 0 Å². The third-order valence-electron chi connectivity index (χ3n) is 12.1. The molecule has 0 bridgehead atoms. The average molecular weight is 799 g/mol. The minimum absolute atomic E-state index is 0.714. The number of hydrogen-bond acceptors (Lipinski definition) is 6. The van der Waals surface area contributed by atoms with Crippen LogP contribution >= 0.6 is 0 Å². The van der Waals surface area contributed by atoms with Gasteiger partial charge in [0.25, 0.3) is 0 Å². The number of rotatable bonds is 48. The summed E-state index contributed by atoms with van der Waals surface area (Å²) in [6.45, 7) is 9.69. The molecule has 0 saturated carbocycles. The molecule has 1 aromatic rings. The lowest BCUT2D eigenvalue weighted by Crippen LogP contribution is -2.14. The molecule has 1 aromatic heterocycles. The number of nitrogens with one attached hydrogen (secondary N) is 3. The van der Waals surface area contributed by atoms with Crippen molar-refractivity contribution in [3.05, 3.63) is 0 Å². The van der Waals surface area contributed by atoms with Crippen molar-refractivity contribution < 1.29 is 0 Å². The summed E-state index contributed by atoms with van der Waals surface area (Å²) in [5, 5.41) is 10.6. The van der Waals surface area contributed by atoms with Crippen LogP contribution in [0.3, 0.4) is 0 Å². The van der Waals surface area contributed by atoms with Crippen molar-refractivity contribution in [1.82, 2.24) is 15.0 Å². The Bertz CT molecular complexity index is 783. The normalized spacial score (nSPS) is 11.4. The van der Waals surface area contributed by atoms with E-state index in [1.807, 2.05) is 0 Å². The Kier molecular flexibility index (Phi) is 42.6. The summed E-state index contributed by atoms with van der Waals surface area (Å²) < 4.78 is 0. The van der Waals surface area contributed by atoms with Gasteiger partial charge in [-0.1, -0.05) is 271 Å².